The van der Waals surface area contributed by atoms with E-state index in [1.165, 1.54) is 16.9 Å². The predicted octanol–water partition coefficient (Wildman–Crippen LogP) is 1.64. The molecule has 1 heterocycles. The molecule has 1 aromatic heterocycles. The summed E-state index contributed by atoms with van der Waals surface area (Å²) in [5.74, 6) is -0.503. The zero-order chi connectivity index (χ0) is 15.2. The molecular formula is C14H19F2N5. The fraction of sp³-hybridized carbons (Fsp3) is 0.500. The summed E-state index contributed by atoms with van der Waals surface area (Å²) >= 11 is 0. The van der Waals surface area contributed by atoms with E-state index < -0.39 is 11.6 Å². The van der Waals surface area contributed by atoms with Crippen molar-refractivity contribution in [2.75, 3.05) is 6.54 Å². The second-order valence-electron chi connectivity index (χ2n) is 5.03. The van der Waals surface area contributed by atoms with E-state index in [1.54, 1.807) is 7.05 Å². The van der Waals surface area contributed by atoms with Crippen molar-refractivity contribution in [2.24, 2.45) is 7.05 Å². The summed E-state index contributed by atoms with van der Waals surface area (Å²) in [5.41, 5.74) is 0.616. The van der Waals surface area contributed by atoms with E-state index in [0.717, 1.165) is 19.0 Å². The summed E-state index contributed by atoms with van der Waals surface area (Å²) in [7, 11) is 1.70. The molecule has 1 N–H and O–H groups in total. The lowest BCUT2D eigenvalue weighted by Gasteiger charge is -2.17. The van der Waals surface area contributed by atoms with Gasteiger partial charge in [0.05, 0.1) is 7.05 Å². The Hall–Kier alpha value is -1.89. The Morgan fingerprint density at radius 3 is 2.48 bits per heavy atom. The van der Waals surface area contributed by atoms with Gasteiger partial charge in [0.1, 0.15) is 11.6 Å². The number of tetrazole rings is 1. The van der Waals surface area contributed by atoms with E-state index in [1.807, 2.05) is 0 Å². The SMILES string of the molecule is CCCNC(Cc1cc(F)cc(F)c1)Cc1nnn(C)n1. The molecule has 0 bridgehead atoms. The van der Waals surface area contributed by atoms with Crippen molar-refractivity contribution in [3.63, 3.8) is 0 Å². The number of hydrogen-bond donors (Lipinski definition) is 1. The van der Waals surface area contributed by atoms with Gasteiger partial charge in [-0.15, -0.1) is 10.2 Å². The highest BCUT2D eigenvalue weighted by Gasteiger charge is 2.14. The molecule has 2 aromatic rings. The Labute approximate surface area is 122 Å². The molecule has 1 unspecified atom stereocenters. The number of hydrogen-bond acceptors (Lipinski definition) is 4. The fourth-order valence-corrected chi connectivity index (χ4v) is 2.20. The summed E-state index contributed by atoms with van der Waals surface area (Å²) in [6.45, 7) is 2.88. The molecule has 2 rings (SSSR count). The third-order valence-corrected chi connectivity index (χ3v) is 3.07. The number of aromatic nitrogens is 4. The van der Waals surface area contributed by atoms with Gasteiger partial charge in [0.25, 0.3) is 0 Å². The van der Waals surface area contributed by atoms with Crippen molar-refractivity contribution in [1.82, 2.24) is 25.5 Å². The first-order valence-corrected chi connectivity index (χ1v) is 6.98. The number of rotatable bonds is 7. The van der Waals surface area contributed by atoms with Gasteiger partial charge in [-0.25, -0.2) is 8.78 Å². The molecular weight excluding hydrogens is 276 g/mol. The number of benzene rings is 1. The topological polar surface area (TPSA) is 55.6 Å². The molecule has 1 atom stereocenters. The third-order valence-electron chi connectivity index (χ3n) is 3.07. The van der Waals surface area contributed by atoms with Crippen LogP contribution in [0.25, 0.3) is 0 Å². The summed E-state index contributed by atoms with van der Waals surface area (Å²) in [6, 6.07) is 3.60. The highest BCUT2D eigenvalue weighted by Crippen LogP contribution is 2.11. The molecule has 114 valence electrons. The van der Waals surface area contributed by atoms with Crippen LogP contribution in [0.5, 0.6) is 0 Å². The van der Waals surface area contributed by atoms with Crippen LogP contribution in [0.1, 0.15) is 24.7 Å². The number of aryl methyl sites for hydroxylation is 1. The van der Waals surface area contributed by atoms with Gasteiger partial charge in [-0.1, -0.05) is 6.92 Å². The van der Waals surface area contributed by atoms with Gasteiger partial charge < -0.3 is 5.32 Å². The van der Waals surface area contributed by atoms with Crippen molar-refractivity contribution in [1.29, 1.82) is 0 Å². The minimum absolute atomic E-state index is 0.00958. The average molecular weight is 295 g/mol. The highest BCUT2D eigenvalue weighted by molar-refractivity contribution is 5.19. The molecule has 0 aliphatic rings. The van der Waals surface area contributed by atoms with E-state index >= 15 is 0 Å². The first-order valence-electron chi connectivity index (χ1n) is 6.98. The lowest BCUT2D eigenvalue weighted by molar-refractivity contribution is 0.490. The average Bonchev–Trinajstić information content (AvgIpc) is 2.80. The highest BCUT2D eigenvalue weighted by atomic mass is 19.1. The maximum atomic E-state index is 13.3. The van der Waals surface area contributed by atoms with Crippen LogP contribution in [0.2, 0.25) is 0 Å². The van der Waals surface area contributed by atoms with Crippen LogP contribution >= 0.6 is 0 Å². The monoisotopic (exact) mass is 295 g/mol. The summed E-state index contributed by atoms with van der Waals surface area (Å²) in [5, 5.41) is 15.2. The molecule has 0 saturated carbocycles. The molecule has 0 saturated heterocycles. The zero-order valence-corrected chi connectivity index (χ0v) is 12.2. The van der Waals surface area contributed by atoms with E-state index in [9.17, 15) is 8.78 Å². The van der Waals surface area contributed by atoms with Crippen molar-refractivity contribution in [2.45, 2.75) is 32.2 Å². The number of nitrogens with zero attached hydrogens (tertiary/aromatic N) is 4. The molecule has 0 aliphatic heterocycles. The zero-order valence-electron chi connectivity index (χ0n) is 12.2. The fourth-order valence-electron chi connectivity index (χ4n) is 2.20. The van der Waals surface area contributed by atoms with Gasteiger partial charge >= 0.3 is 0 Å². The van der Waals surface area contributed by atoms with Crippen molar-refractivity contribution in [3.05, 3.63) is 41.2 Å². The number of nitrogens with one attached hydrogen (secondary N) is 1. The molecule has 0 aliphatic carbocycles. The molecule has 5 nitrogen and oxygen atoms in total. The van der Waals surface area contributed by atoms with Crippen LogP contribution in [0.4, 0.5) is 8.78 Å². The third kappa shape index (κ3) is 4.86. The van der Waals surface area contributed by atoms with Crippen LogP contribution in [-0.4, -0.2) is 32.8 Å². The van der Waals surface area contributed by atoms with Crippen molar-refractivity contribution in [3.8, 4) is 0 Å². The van der Waals surface area contributed by atoms with Crippen LogP contribution in [0.3, 0.4) is 0 Å². The molecule has 0 radical (unpaired) electrons. The van der Waals surface area contributed by atoms with Crippen molar-refractivity contribution < 1.29 is 8.78 Å². The Kier molecular flexibility index (Phi) is 5.32. The minimum Gasteiger partial charge on any atom is -0.313 e. The second-order valence-corrected chi connectivity index (χ2v) is 5.03. The molecule has 1 aromatic carbocycles. The molecule has 0 fully saturated rings. The summed E-state index contributed by atoms with van der Waals surface area (Å²) < 4.78 is 26.5. The van der Waals surface area contributed by atoms with E-state index in [2.05, 4.69) is 27.7 Å². The van der Waals surface area contributed by atoms with Crippen molar-refractivity contribution >= 4 is 0 Å². The first-order chi connectivity index (χ1) is 10.1. The lowest BCUT2D eigenvalue weighted by Crippen LogP contribution is -2.34. The summed E-state index contributed by atoms with van der Waals surface area (Å²) in [6.07, 6.45) is 2.04. The maximum absolute atomic E-state index is 13.3. The Balaban J connectivity index is 2.07. The maximum Gasteiger partial charge on any atom is 0.176 e. The predicted molar refractivity (Wildman–Crippen MR) is 74.6 cm³/mol. The van der Waals surface area contributed by atoms with Gasteiger partial charge in [0.2, 0.25) is 0 Å². The second kappa shape index (κ2) is 7.21. The van der Waals surface area contributed by atoms with Gasteiger partial charge in [-0.05, 0) is 42.3 Å². The normalized spacial score (nSPS) is 12.6. The Morgan fingerprint density at radius 2 is 1.90 bits per heavy atom. The van der Waals surface area contributed by atoms with E-state index in [4.69, 9.17) is 0 Å². The van der Waals surface area contributed by atoms with Crippen LogP contribution in [-0.2, 0) is 19.9 Å². The van der Waals surface area contributed by atoms with Gasteiger partial charge in [-0.2, -0.15) is 4.80 Å². The first kappa shape index (κ1) is 15.5. The van der Waals surface area contributed by atoms with Gasteiger partial charge in [0, 0.05) is 18.5 Å². The molecule has 21 heavy (non-hydrogen) atoms. The summed E-state index contributed by atoms with van der Waals surface area (Å²) in [4.78, 5) is 1.40. The van der Waals surface area contributed by atoms with Crippen LogP contribution in [0.15, 0.2) is 18.2 Å². The standard InChI is InChI=1S/C14H19F2N5/c1-3-4-17-13(9-14-18-20-21(2)19-14)7-10-5-11(15)8-12(16)6-10/h5-6,8,13,17H,3-4,7,9H2,1-2H3. The van der Waals surface area contributed by atoms with Gasteiger partial charge in [0.15, 0.2) is 5.82 Å². The Bertz CT molecular complexity index is 564. The molecule has 0 spiro atoms. The number of halogens is 2. The Morgan fingerprint density at radius 1 is 1.19 bits per heavy atom. The van der Waals surface area contributed by atoms with E-state index in [0.29, 0.717) is 24.2 Å². The molecule has 7 heteroatoms. The van der Waals surface area contributed by atoms with Crippen LogP contribution < -0.4 is 5.32 Å². The minimum atomic E-state index is -0.558. The quantitative estimate of drug-likeness (QED) is 0.844. The lowest BCUT2D eigenvalue weighted by atomic mass is 10.0. The van der Waals surface area contributed by atoms with Crippen LogP contribution in [0, 0.1) is 11.6 Å². The largest absolute Gasteiger partial charge is 0.313 e. The van der Waals surface area contributed by atoms with E-state index in [-0.39, 0.29) is 6.04 Å². The van der Waals surface area contributed by atoms with Gasteiger partial charge in [-0.3, -0.25) is 0 Å². The smallest absolute Gasteiger partial charge is 0.176 e. The molecule has 0 amide bonds.